The molecule has 0 aliphatic heterocycles. The summed E-state index contributed by atoms with van der Waals surface area (Å²) in [6.45, 7) is -0.303. The second-order valence-corrected chi connectivity index (χ2v) is 4.41. The van der Waals surface area contributed by atoms with Gasteiger partial charge in [-0.1, -0.05) is 6.07 Å². The highest BCUT2D eigenvalue weighted by Crippen LogP contribution is 2.19. The van der Waals surface area contributed by atoms with E-state index in [0.717, 1.165) is 5.56 Å². The summed E-state index contributed by atoms with van der Waals surface area (Å²) in [6, 6.07) is 4.82. The summed E-state index contributed by atoms with van der Waals surface area (Å²) in [5.41, 5.74) is 0.816. The molecule has 1 rings (SSSR count). The Kier molecular flexibility index (Phi) is 7.40. The Labute approximate surface area is 117 Å². The largest absolute Gasteiger partial charge is 0.494 e. The van der Waals surface area contributed by atoms with Crippen molar-refractivity contribution in [2.75, 3.05) is 27.4 Å². The lowest BCUT2D eigenvalue weighted by atomic mass is 10.0. The maximum Gasteiger partial charge on any atom is 0.261 e. The number of benzene rings is 1. The van der Waals surface area contributed by atoms with Crippen molar-refractivity contribution in [3.63, 3.8) is 0 Å². The van der Waals surface area contributed by atoms with Gasteiger partial charge in [0.25, 0.3) is 6.43 Å². The van der Waals surface area contributed by atoms with E-state index >= 15 is 0 Å². The molecule has 0 aliphatic rings. The zero-order valence-electron chi connectivity index (χ0n) is 11.7. The fourth-order valence-electron chi connectivity index (χ4n) is 1.87. The molecule has 0 saturated heterocycles. The lowest BCUT2D eigenvalue weighted by Crippen LogP contribution is -2.29. The van der Waals surface area contributed by atoms with Crippen LogP contribution in [0.5, 0.6) is 5.75 Å². The van der Waals surface area contributed by atoms with Crippen LogP contribution in [0.2, 0.25) is 0 Å². The third kappa shape index (κ3) is 5.79. The molecule has 3 nitrogen and oxygen atoms in total. The minimum Gasteiger partial charge on any atom is -0.494 e. The SMILES string of the molecule is CNC(CCOCC(F)F)Cc1ccc(OC)c(F)c1. The first kappa shape index (κ1) is 16.8. The van der Waals surface area contributed by atoms with Crippen LogP contribution in [0.3, 0.4) is 0 Å². The standard InChI is InChI=1S/C14H20F3NO2/c1-18-11(5-6-20-9-14(16)17)7-10-3-4-13(19-2)12(15)8-10/h3-4,8,11,14,18H,5-7,9H2,1-2H3. The van der Waals surface area contributed by atoms with Crippen LogP contribution in [-0.2, 0) is 11.2 Å². The first-order valence-corrected chi connectivity index (χ1v) is 6.42. The monoisotopic (exact) mass is 291 g/mol. The maximum atomic E-state index is 13.5. The summed E-state index contributed by atoms with van der Waals surface area (Å²) in [5.74, 6) is -0.205. The van der Waals surface area contributed by atoms with Gasteiger partial charge in [-0.15, -0.1) is 0 Å². The molecule has 114 valence electrons. The number of halogens is 3. The lowest BCUT2D eigenvalue weighted by Gasteiger charge is -2.16. The second kappa shape index (κ2) is 8.81. The van der Waals surface area contributed by atoms with Crippen molar-refractivity contribution in [2.24, 2.45) is 0 Å². The Morgan fingerprint density at radius 2 is 2.05 bits per heavy atom. The van der Waals surface area contributed by atoms with Crippen molar-refractivity contribution in [3.8, 4) is 5.75 Å². The average molecular weight is 291 g/mol. The van der Waals surface area contributed by atoms with Gasteiger partial charge in [0.1, 0.15) is 6.61 Å². The summed E-state index contributed by atoms with van der Waals surface area (Å²) in [7, 11) is 3.19. The number of ether oxygens (including phenoxy) is 2. The van der Waals surface area contributed by atoms with Crippen LogP contribution in [0.15, 0.2) is 18.2 Å². The molecular weight excluding hydrogens is 271 g/mol. The Balaban J connectivity index is 2.45. The summed E-state index contributed by atoms with van der Waals surface area (Å²) < 4.78 is 47.1. The van der Waals surface area contributed by atoms with E-state index < -0.39 is 18.8 Å². The summed E-state index contributed by atoms with van der Waals surface area (Å²) in [5, 5.41) is 3.07. The van der Waals surface area contributed by atoms with E-state index in [9.17, 15) is 13.2 Å². The molecule has 0 saturated carbocycles. The van der Waals surface area contributed by atoms with Gasteiger partial charge in [0, 0.05) is 12.6 Å². The summed E-state index contributed by atoms with van der Waals surface area (Å²) in [4.78, 5) is 0. The van der Waals surface area contributed by atoms with E-state index in [0.29, 0.717) is 12.8 Å². The van der Waals surface area contributed by atoms with Gasteiger partial charge in [0.2, 0.25) is 0 Å². The van der Waals surface area contributed by atoms with Crippen LogP contribution in [0.25, 0.3) is 0 Å². The highest BCUT2D eigenvalue weighted by molar-refractivity contribution is 5.29. The number of hydrogen-bond donors (Lipinski definition) is 1. The van der Waals surface area contributed by atoms with Crippen molar-refractivity contribution in [1.82, 2.24) is 5.32 Å². The first-order chi connectivity index (χ1) is 9.56. The smallest absolute Gasteiger partial charge is 0.261 e. The molecule has 1 unspecified atom stereocenters. The van der Waals surface area contributed by atoms with Gasteiger partial charge in [-0.25, -0.2) is 13.2 Å². The fourth-order valence-corrected chi connectivity index (χ4v) is 1.87. The molecule has 1 aromatic rings. The topological polar surface area (TPSA) is 30.5 Å². The van der Waals surface area contributed by atoms with Gasteiger partial charge in [-0.2, -0.15) is 0 Å². The van der Waals surface area contributed by atoms with Crippen molar-refractivity contribution in [1.29, 1.82) is 0 Å². The first-order valence-electron chi connectivity index (χ1n) is 6.42. The molecule has 0 aromatic heterocycles. The number of rotatable bonds is 9. The normalized spacial score (nSPS) is 12.7. The summed E-state index contributed by atoms with van der Waals surface area (Å²) in [6.07, 6.45) is -1.27. The Bertz CT molecular complexity index is 402. The number of methoxy groups -OCH3 is 1. The van der Waals surface area contributed by atoms with E-state index in [1.165, 1.54) is 13.2 Å². The van der Waals surface area contributed by atoms with Crippen LogP contribution in [0.1, 0.15) is 12.0 Å². The molecule has 0 aliphatic carbocycles. The maximum absolute atomic E-state index is 13.5. The van der Waals surface area contributed by atoms with Gasteiger partial charge in [-0.3, -0.25) is 0 Å². The molecule has 1 aromatic carbocycles. The molecule has 20 heavy (non-hydrogen) atoms. The van der Waals surface area contributed by atoms with Gasteiger partial charge in [0.15, 0.2) is 11.6 Å². The van der Waals surface area contributed by atoms with E-state index in [4.69, 9.17) is 9.47 Å². The van der Waals surface area contributed by atoms with Gasteiger partial charge < -0.3 is 14.8 Å². The molecule has 0 bridgehead atoms. The number of likely N-dealkylation sites (N-methyl/N-ethyl adjacent to an activating group) is 1. The van der Waals surface area contributed by atoms with Crippen LogP contribution in [-0.4, -0.2) is 39.8 Å². The molecule has 1 atom stereocenters. The zero-order valence-corrected chi connectivity index (χ0v) is 11.7. The molecule has 0 amide bonds. The van der Waals surface area contributed by atoms with Crippen LogP contribution in [0, 0.1) is 5.82 Å². The molecule has 1 N–H and O–H groups in total. The minimum absolute atomic E-state index is 0.0421. The fraction of sp³-hybridized carbons (Fsp3) is 0.571. The number of nitrogens with one attached hydrogen (secondary N) is 1. The highest BCUT2D eigenvalue weighted by Gasteiger charge is 2.10. The predicted octanol–water partition coefficient (Wildman–Crippen LogP) is 2.64. The third-order valence-corrected chi connectivity index (χ3v) is 2.96. The molecule has 0 radical (unpaired) electrons. The lowest BCUT2D eigenvalue weighted by molar-refractivity contribution is 0.0146. The van der Waals surface area contributed by atoms with Crippen molar-refractivity contribution < 1.29 is 22.6 Å². The number of hydrogen-bond acceptors (Lipinski definition) is 3. The van der Waals surface area contributed by atoms with Gasteiger partial charge >= 0.3 is 0 Å². The molecule has 0 heterocycles. The van der Waals surface area contributed by atoms with Gasteiger partial charge in [-0.05, 0) is 37.6 Å². The van der Waals surface area contributed by atoms with Crippen molar-refractivity contribution in [2.45, 2.75) is 25.3 Å². The number of alkyl halides is 2. The Morgan fingerprint density at radius 1 is 1.30 bits per heavy atom. The predicted molar refractivity (Wildman–Crippen MR) is 70.9 cm³/mol. The van der Waals surface area contributed by atoms with E-state index in [2.05, 4.69) is 5.32 Å². The van der Waals surface area contributed by atoms with Crippen LogP contribution >= 0.6 is 0 Å². The third-order valence-electron chi connectivity index (χ3n) is 2.96. The summed E-state index contributed by atoms with van der Waals surface area (Å²) >= 11 is 0. The van der Waals surface area contributed by atoms with E-state index in [-0.39, 0.29) is 18.4 Å². The van der Waals surface area contributed by atoms with Crippen LogP contribution in [0.4, 0.5) is 13.2 Å². The second-order valence-electron chi connectivity index (χ2n) is 4.41. The van der Waals surface area contributed by atoms with E-state index in [1.807, 2.05) is 0 Å². The Morgan fingerprint density at radius 3 is 2.60 bits per heavy atom. The zero-order chi connectivity index (χ0) is 15.0. The molecule has 0 spiro atoms. The average Bonchev–Trinajstić information content (AvgIpc) is 2.42. The minimum atomic E-state index is -2.45. The highest BCUT2D eigenvalue weighted by atomic mass is 19.3. The Hall–Kier alpha value is -1.27. The van der Waals surface area contributed by atoms with Gasteiger partial charge in [0.05, 0.1) is 7.11 Å². The molecule has 0 fully saturated rings. The van der Waals surface area contributed by atoms with Crippen LogP contribution < -0.4 is 10.1 Å². The molecule has 6 heteroatoms. The molecular formula is C14H20F3NO2. The quantitative estimate of drug-likeness (QED) is 0.710. The van der Waals surface area contributed by atoms with E-state index in [1.54, 1.807) is 19.2 Å². The van der Waals surface area contributed by atoms with Crippen molar-refractivity contribution in [3.05, 3.63) is 29.6 Å². The van der Waals surface area contributed by atoms with Crippen molar-refractivity contribution >= 4 is 0 Å².